The Labute approximate surface area is 147 Å². The highest BCUT2D eigenvalue weighted by Gasteiger charge is 2.15. The first kappa shape index (κ1) is 18.8. The Morgan fingerprint density at radius 1 is 1.19 bits per heavy atom. The molecule has 0 bridgehead atoms. The van der Waals surface area contributed by atoms with Gasteiger partial charge in [-0.1, -0.05) is 23.5 Å². The first-order chi connectivity index (χ1) is 9.72. The van der Waals surface area contributed by atoms with Gasteiger partial charge in [0.1, 0.15) is 11.3 Å². The number of para-hydroxylation sites is 1. The molecule has 4 nitrogen and oxygen atoms in total. The van der Waals surface area contributed by atoms with E-state index in [2.05, 4.69) is 35.8 Å². The maximum atomic E-state index is 5.61. The summed E-state index contributed by atoms with van der Waals surface area (Å²) >= 11 is 1.82. The fourth-order valence-corrected chi connectivity index (χ4v) is 3.07. The highest BCUT2D eigenvalue weighted by atomic mass is 127. The van der Waals surface area contributed by atoms with Crippen molar-refractivity contribution in [3.8, 4) is 0 Å². The fraction of sp³-hybridized carbons (Fsp3) is 0.533. The van der Waals surface area contributed by atoms with Crippen molar-refractivity contribution < 1.29 is 42.8 Å². The molecule has 2 rings (SSSR count). The smallest absolute Gasteiger partial charge is 0.235 e. The summed E-state index contributed by atoms with van der Waals surface area (Å²) in [6, 6.07) is 8.46. The van der Waals surface area contributed by atoms with Crippen LogP contribution in [0.3, 0.4) is 0 Å². The van der Waals surface area contributed by atoms with Crippen LogP contribution in [0.1, 0.15) is 11.9 Å². The molecular weight excluding hydrogens is 401 g/mol. The molecule has 0 spiro atoms. The third-order valence-corrected chi connectivity index (χ3v) is 4.25. The van der Waals surface area contributed by atoms with Gasteiger partial charge < -0.3 is 38.2 Å². The van der Waals surface area contributed by atoms with Gasteiger partial charge in [0.2, 0.25) is 10.5 Å². The number of aromatic nitrogens is 1. The molecule has 2 aromatic rings. The third-order valence-electron chi connectivity index (χ3n) is 3.17. The number of benzene rings is 1. The third kappa shape index (κ3) is 5.45. The molecule has 1 aromatic heterocycles. The van der Waals surface area contributed by atoms with Crippen LogP contribution < -0.4 is 28.5 Å². The Hall–Kier alpha value is -0.280. The summed E-state index contributed by atoms with van der Waals surface area (Å²) in [6.45, 7) is 6.73. The highest BCUT2D eigenvalue weighted by Crippen LogP contribution is 2.18. The van der Waals surface area contributed by atoms with Gasteiger partial charge in [-0.15, -0.1) is 0 Å². The summed E-state index contributed by atoms with van der Waals surface area (Å²) in [6.07, 6.45) is -0.170. The van der Waals surface area contributed by atoms with Crippen LogP contribution in [-0.4, -0.2) is 33.2 Å². The lowest BCUT2D eigenvalue weighted by Gasteiger charge is -2.10. The summed E-state index contributed by atoms with van der Waals surface area (Å²) in [7, 11) is 1.63. The van der Waals surface area contributed by atoms with E-state index in [9.17, 15) is 0 Å². The van der Waals surface area contributed by atoms with Gasteiger partial charge >= 0.3 is 0 Å². The Balaban J connectivity index is 0.00000220. The van der Waals surface area contributed by atoms with Crippen LogP contribution in [0, 0.1) is 6.92 Å². The molecular formula is C15H22INO3S. The highest BCUT2D eigenvalue weighted by molar-refractivity contribution is 7.18. The van der Waals surface area contributed by atoms with Gasteiger partial charge in [-0.05, 0) is 13.0 Å². The quantitative estimate of drug-likeness (QED) is 0.249. The molecule has 0 aliphatic carbocycles. The minimum atomic E-state index is -0.170. The zero-order chi connectivity index (χ0) is 14.4. The van der Waals surface area contributed by atoms with E-state index in [1.165, 1.54) is 15.2 Å². The van der Waals surface area contributed by atoms with Gasteiger partial charge in [0.05, 0.1) is 13.2 Å². The Morgan fingerprint density at radius 3 is 2.71 bits per heavy atom. The molecule has 0 radical (unpaired) electrons. The average Bonchev–Trinajstić information content (AvgIpc) is 2.78. The van der Waals surface area contributed by atoms with E-state index in [-0.39, 0.29) is 30.3 Å². The van der Waals surface area contributed by atoms with E-state index >= 15 is 0 Å². The van der Waals surface area contributed by atoms with E-state index in [1.54, 1.807) is 7.11 Å². The second kappa shape index (κ2) is 9.68. The molecule has 21 heavy (non-hydrogen) atoms. The summed E-state index contributed by atoms with van der Waals surface area (Å²) in [4.78, 5) is 0. The van der Waals surface area contributed by atoms with E-state index in [0.717, 1.165) is 6.54 Å². The largest absolute Gasteiger partial charge is 1.00 e. The molecule has 0 saturated heterocycles. The second-order valence-corrected chi connectivity index (χ2v) is 5.76. The first-order valence-corrected chi connectivity index (χ1v) is 7.64. The van der Waals surface area contributed by atoms with Crippen molar-refractivity contribution in [3.05, 3.63) is 29.3 Å². The van der Waals surface area contributed by atoms with Gasteiger partial charge in [-0.2, -0.15) is 4.57 Å². The van der Waals surface area contributed by atoms with Gasteiger partial charge in [-0.3, -0.25) is 0 Å². The van der Waals surface area contributed by atoms with Crippen molar-refractivity contribution in [2.45, 2.75) is 26.7 Å². The predicted octanol–water partition coefficient (Wildman–Crippen LogP) is -0.473. The van der Waals surface area contributed by atoms with Crippen LogP contribution in [0.25, 0.3) is 10.2 Å². The lowest BCUT2D eigenvalue weighted by molar-refractivity contribution is -0.674. The van der Waals surface area contributed by atoms with Gasteiger partial charge in [0, 0.05) is 20.1 Å². The number of hydrogen-bond acceptors (Lipinski definition) is 4. The number of hydrogen-bond donors (Lipinski definition) is 0. The topological polar surface area (TPSA) is 31.6 Å². The van der Waals surface area contributed by atoms with E-state index in [1.807, 2.05) is 18.3 Å². The monoisotopic (exact) mass is 423 g/mol. The summed E-state index contributed by atoms with van der Waals surface area (Å²) in [5.41, 5.74) is 1.28. The van der Waals surface area contributed by atoms with Crippen molar-refractivity contribution in [1.29, 1.82) is 0 Å². The van der Waals surface area contributed by atoms with Crippen molar-refractivity contribution in [3.63, 3.8) is 0 Å². The van der Waals surface area contributed by atoms with Crippen molar-refractivity contribution in [1.82, 2.24) is 0 Å². The SMILES string of the molecule is COC(C)OCCOCC[n+]1c(C)sc2ccccc21.[I-]. The number of methoxy groups -OCH3 is 1. The minimum absolute atomic E-state index is 0. The standard InChI is InChI=1S/C15H22NO3S.HI/c1-12-16(14-6-4-5-7-15(14)20-12)8-9-18-10-11-19-13(2)17-3;/h4-7,13H,8-11H2,1-3H3;1H/q+1;/p-1. The van der Waals surface area contributed by atoms with E-state index in [4.69, 9.17) is 14.2 Å². The van der Waals surface area contributed by atoms with Crippen LogP contribution >= 0.6 is 11.3 Å². The number of aryl methyl sites for hydroxylation is 1. The Bertz CT molecular complexity index is 547. The Kier molecular flexibility index (Phi) is 8.65. The molecule has 118 valence electrons. The van der Waals surface area contributed by atoms with Crippen molar-refractivity contribution >= 4 is 21.6 Å². The average molecular weight is 423 g/mol. The second-order valence-electron chi connectivity index (χ2n) is 4.53. The molecule has 0 aliphatic heterocycles. The zero-order valence-corrected chi connectivity index (χ0v) is 15.6. The fourth-order valence-electron chi connectivity index (χ4n) is 2.03. The lowest BCUT2D eigenvalue weighted by atomic mass is 10.3. The number of ether oxygens (including phenoxy) is 3. The molecule has 1 heterocycles. The lowest BCUT2D eigenvalue weighted by Crippen LogP contribution is -3.00. The molecule has 6 heteroatoms. The molecule has 1 unspecified atom stereocenters. The van der Waals surface area contributed by atoms with Crippen LogP contribution in [0.15, 0.2) is 24.3 Å². The molecule has 0 fully saturated rings. The number of thiazole rings is 1. The Morgan fingerprint density at radius 2 is 1.95 bits per heavy atom. The van der Waals surface area contributed by atoms with E-state index in [0.29, 0.717) is 19.8 Å². The van der Waals surface area contributed by atoms with Crippen molar-refractivity contribution in [2.75, 3.05) is 26.9 Å². The summed E-state index contributed by atoms with van der Waals surface area (Å²) < 4.78 is 19.6. The summed E-state index contributed by atoms with van der Waals surface area (Å²) in [5.74, 6) is 0. The number of halogens is 1. The van der Waals surface area contributed by atoms with Gasteiger partial charge in [0.15, 0.2) is 12.8 Å². The molecule has 0 N–H and O–H groups in total. The summed E-state index contributed by atoms with van der Waals surface area (Å²) in [5, 5.41) is 1.30. The number of rotatable bonds is 8. The van der Waals surface area contributed by atoms with Crippen LogP contribution in [0.4, 0.5) is 0 Å². The number of fused-ring (bicyclic) bond motifs is 1. The van der Waals surface area contributed by atoms with E-state index < -0.39 is 0 Å². The molecule has 0 saturated carbocycles. The van der Waals surface area contributed by atoms with Crippen LogP contribution in [0.5, 0.6) is 0 Å². The van der Waals surface area contributed by atoms with Crippen molar-refractivity contribution in [2.24, 2.45) is 0 Å². The maximum Gasteiger partial charge on any atom is 0.235 e. The normalized spacial score (nSPS) is 12.3. The van der Waals surface area contributed by atoms with Gasteiger partial charge in [-0.25, -0.2) is 0 Å². The number of nitrogens with zero attached hydrogens (tertiary/aromatic N) is 1. The maximum absolute atomic E-state index is 5.61. The first-order valence-electron chi connectivity index (χ1n) is 6.82. The predicted molar refractivity (Wildman–Crippen MR) is 80.0 cm³/mol. The van der Waals surface area contributed by atoms with Crippen LogP contribution in [-0.2, 0) is 20.8 Å². The minimum Gasteiger partial charge on any atom is -1.00 e. The van der Waals surface area contributed by atoms with Gasteiger partial charge in [0.25, 0.3) is 0 Å². The van der Waals surface area contributed by atoms with Crippen LogP contribution in [0.2, 0.25) is 0 Å². The molecule has 1 atom stereocenters. The molecule has 0 aliphatic rings. The zero-order valence-electron chi connectivity index (χ0n) is 12.7. The molecule has 0 amide bonds. The molecule has 1 aromatic carbocycles.